The topological polar surface area (TPSA) is 42.9 Å². The van der Waals surface area contributed by atoms with Gasteiger partial charge in [0, 0.05) is 5.56 Å². The highest BCUT2D eigenvalue weighted by Crippen LogP contribution is 2.19. The molecule has 0 N–H and O–H groups in total. The molecule has 0 aliphatic rings. The Balaban J connectivity index is 2.61. The van der Waals surface area contributed by atoms with Gasteiger partial charge < -0.3 is 0 Å². The number of carbonyl (C=O) groups is 1. The third-order valence-corrected chi connectivity index (χ3v) is 2.19. The van der Waals surface area contributed by atoms with E-state index in [0.29, 0.717) is 16.6 Å². The second-order valence-electron chi connectivity index (χ2n) is 3.36. The first-order valence-corrected chi connectivity index (χ1v) is 4.63. The van der Waals surface area contributed by atoms with Gasteiger partial charge in [-0.3, -0.25) is 9.78 Å². The molecule has 1 aromatic carbocycles. The van der Waals surface area contributed by atoms with Crippen LogP contribution in [0.3, 0.4) is 0 Å². The van der Waals surface area contributed by atoms with E-state index in [0.717, 1.165) is 6.20 Å². The molecule has 1 aromatic heterocycles. The number of hydrogen-bond acceptors (Lipinski definition) is 3. The van der Waals surface area contributed by atoms with E-state index in [1.54, 1.807) is 12.1 Å². The van der Waals surface area contributed by atoms with Crippen molar-refractivity contribution in [2.24, 2.45) is 0 Å². The zero-order chi connectivity index (χ0) is 11.7. The van der Waals surface area contributed by atoms with Crippen LogP contribution in [0.1, 0.15) is 29.4 Å². The maximum atomic E-state index is 12.4. The van der Waals surface area contributed by atoms with Gasteiger partial charge in [0.15, 0.2) is 5.78 Å². The Morgan fingerprint density at radius 2 is 2.06 bits per heavy atom. The van der Waals surface area contributed by atoms with Gasteiger partial charge in [0.2, 0.25) is 0 Å². The van der Waals surface area contributed by atoms with Crippen LogP contribution in [-0.4, -0.2) is 15.8 Å². The van der Waals surface area contributed by atoms with E-state index in [9.17, 15) is 13.6 Å². The van der Waals surface area contributed by atoms with Crippen LogP contribution in [0, 0.1) is 0 Å². The molecule has 2 rings (SSSR count). The Hall–Kier alpha value is -1.91. The van der Waals surface area contributed by atoms with Crippen molar-refractivity contribution in [3.8, 4) is 0 Å². The van der Waals surface area contributed by atoms with Crippen LogP contribution in [0.2, 0.25) is 0 Å². The molecule has 3 nitrogen and oxygen atoms in total. The maximum Gasteiger partial charge on any atom is 0.281 e. The lowest BCUT2D eigenvalue weighted by molar-refractivity contribution is 0.101. The van der Waals surface area contributed by atoms with Crippen LogP contribution in [0.25, 0.3) is 11.0 Å². The fourth-order valence-corrected chi connectivity index (χ4v) is 1.35. The van der Waals surface area contributed by atoms with Gasteiger partial charge in [-0.15, -0.1) is 0 Å². The van der Waals surface area contributed by atoms with Gasteiger partial charge in [-0.2, -0.15) is 0 Å². The molecule has 0 atom stereocenters. The molecule has 0 aliphatic heterocycles. The van der Waals surface area contributed by atoms with Crippen LogP contribution in [0.5, 0.6) is 0 Å². The number of carbonyl (C=O) groups excluding carboxylic acids is 1. The zero-order valence-corrected chi connectivity index (χ0v) is 8.45. The summed E-state index contributed by atoms with van der Waals surface area (Å²) in [6.45, 7) is 1.41. The van der Waals surface area contributed by atoms with E-state index in [-0.39, 0.29) is 11.5 Å². The van der Waals surface area contributed by atoms with Gasteiger partial charge in [-0.1, -0.05) is 0 Å². The lowest BCUT2D eigenvalue weighted by atomic mass is 10.1. The van der Waals surface area contributed by atoms with Crippen molar-refractivity contribution in [2.75, 3.05) is 0 Å². The lowest BCUT2D eigenvalue weighted by Crippen LogP contribution is -1.96. The van der Waals surface area contributed by atoms with E-state index in [2.05, 4.69) is 9.97 Å². The number of hydrogen-bond donors (Lipinski definition) is 0. The largest absolute Gasteiger partial charge is 0.295 e. The van der Waals surface area contributed by atoms with Crippen LogP contribution in [-0.2, 0) is 0 Å². The van der Waals surface area contributed by atoms with Crippen molar-refractivity contribution >= 4 is 16.8 Å². The number of halogens is 2. The molecule has 0 saturated carbocycles. The number of rotatable bonds is 2. The summed E-state index contributed by atoms with van der Waals surface area (Å²) in [7, 11) is 0. The molecule has 0 unspecified atom stereocenters. The zero-order valence-electron chi connectivity index (χ0n) is 8.45. The minimum Gasteiger partial charge on any atom is -0.295 e. The summed E-state index contributed by atoms with van der Waals surface area (Å²) in [6.07, 6.45) is -1.61. The van der Waals surface area contributed by atoms with E-state index in [4.69, 9.17) is 0 Å². The summed E-state index contributed by atoms with van der Waals surface area (Å²) in [5, 5.41) is 0. The van der Waals surface area contributed by atoms with E-state index >= 15 is 0 Å². The van der Waals surface area contributed by atoms with Gasteiger partial charge in [0.05, 0.1) is 17.2 Å². The molecular weight excluding hydrogens is 214 g/mol. The first-order valence-electron chi connectivity index (χ1n) is 4.63. The quantitative estimate of drug-likeness (QED) is 0.734. The second-order valence-corrected chi connectivity index (χ2v) is 3.36. The van der Waals surface area contributed by atoms with Crippen LogP contribution in [0.4, 0.5) is 8.78 Å². The molecule has 0 amide bonds. The Morgan fingerprint density at radius 1 is 1.31 bits per heavy atom. The summed E-state index contributed by atoms with van der Waals surface area (Å²) >= 11 is 0. The summed E-state index contributed by atoms with van der Waals surface area (Å²) in [5.41, 5.74) is 0.862. The van der Waals surface area contributed by atoms with Crippen molar-refractivity contribution in [3.05, 3.63) is 35.7 Å². The molecule has 0 spiro atoms. The Morgan fingerprint density at radius 3 is 2.69 bits per heavy atom. The van der Waals surface area contributed by atoms with Gasteiger partial charge in [-0.25, -0.2) is 13.8 Å². The SMILES string of the molecule is CC(=O)c1ccc2ncc(C(F)F)nc2c1. The molecule has 0 saturated heterocycles. The highest BCUT2D eigenvalue weighted by atomic mass is 19.3. The normalized spacial score (nSPS) is 11.0. The molecular formula is C11H8F2N2O. The molecule has 0 fully saturated rings. The standard InChI is InChI=1S/C11H8F2N2O/c1-6(16)7-2-3-8-9(4-7)15-10(5-14-8)11(12)13/h2-5,11H,1H3. The average molecular weight is 222 g/mol. The van der Waals surface area contributed by atoms with Gasteiger partial charge in [0.25, 0.3) is 6.43 Å². The van der Waals surface area contributed by atoms with Crippen LogP contribution in [0.15, 0.2) is 24.4 Å². The van der Waals surface area contributed by atoms with E-state index in [1.165, 1.54) is 13.0 Å². The van der Waals surface area contributed by atoms with Gasteiger partial charge >= 0.3 is 0 Å². The van der Waals surface area contributed by atoms with Gasteiger partial charge in [0.1, 0.15) is 5.69 Å². The number of Topliss-reactive ketones (excluding diaryl/α,β-unsaturated/α-hetero) is 1. The van der Waals surface area contributed by atoms with Crippen molar-refractivity contribution in [1.82, 2.24) is 9.97 Å². The maximum absolute atomic E-state index is 12.4. The van der Waals surface area contributed by atoms with Crippen molar-refractivity contribution < 1.29 is 13.6 Å². The number of benzene rings is 1. The van der Waals surface area contributed by atoms with E-state index in [1.807, 2.05) is 0 Å². The van der Waals surface area contributed by atoms with Crippen molar-refractivity contribution in [2.45, 2.75) is 13.3 Å². The third-order valence-electron chi connectivity index (χ3n) is 2.19. The third kappa shape index (κ3) is 1.88. The van der Waals surface area contributed by atoms with Gasteiger partial charge in [-0.05, 0) is 25.1 Å². The number of fused-ring (bicyclic) bond motifs is 1. The summed E-state index contributed by atoms with van der Waals surface area (Å²) in [4.78, 5) is 18.7. The summed E-state index contributed by atoms with van der Waals surface area (Å²) in [5.74, 6) is -0.133. The number of nitrogens with zero attached hydrogens (tertiary/aromatic N) is 2. The van der Waals surface area contributed by atoms with Crippen molar-refractivity contribution in [3.63, 3.8) is 0 Å². The number of ketones is 1. The minimum absolute atomic E-state index is 0.133. The number of alkyl halides is 2. The molecule has 0 aliphatic carbocycles. The molecule has 82 valence electrons. The predicted molar refractivity (Wildman–Crippen MR) is 54.5 cm³/mol. The molecule has 1 heterocycles. The summed E-state index contributed by atoms with van der Waals surface area (Å²) < 4.78 is 24.8. The molecule has 0 radical (unpaired) electrons. The van der Waals surface area contributed by atoms with Crippen LogP contribution < -0.4 is 0 Å². The monoisotopic (exact) mass is 222 g/mol. The fraction of sp³-hybridized carbons (Fsp3) is 0.182. The molecule has 5 heteroatoms. The highest BCUT2D eigenvalue weighted by Gasteiger charge is 2.10. The molecule has 16 heavy (non-hydrogen) atoms. The molecule has 2 aromatic rings. The first kappa shape index (κ1) is 10.6. The lowest BCUT2D eigenvalue weighted by Gasteiger charge is -2.02. The second kappa shape index (κ2) is 3.92. The Labute approximate surface area is 90.1 Å². The Kier molecular flexibility index (Phi) is 2.60. The number of aromatic nitrogens is 2. The minimum atomic E-state index is -2.65. The van der Waals surface area contributed by atoms with E-state index < -0.39 is 6.43 Å². The average Bonchev–Trinajstić information content (AvgIpc) is 2.27. The summed E-state index contributed by atoms with van der Waals surface area (Å²) in [6, 6.07) is 4.66. The Bertz CT molecular complexity index is 555. The molecule has 0 bridgehead atoms. The van der Waals surface area contributed by atoms with Crippen molar-refractivity contribution in [1.29, 1.82) is 0 Å². The van der Waals surface area contributed by atoms with Crippen LogP contribution >= 0.6 is 0 Å². The first-order chi connectivity index (χ1) is 7.58. The predicted octanol–water partition coefficient (Wildman–Crippen LogP) is 2.77. The highest BCUT2D eigenvalue weighted by molar-refractivity contribution is 5.97. The smallest absolute Gasteiger partial charge is 0.281 e. The fourth-order valence-electron chi connectivity index (χ4n) is 1.35.